The monoisotopic (exact) mass is 377 g/mol. The minimum absolute atomic E-state index is 0.115. The van der Waals surface area contributed by atoms with Crippen LogP contribution < -0.4 is 5.32 Å². The van der Waals surface area contributed by atoms with E-state index >= 15 is 0 Å². The average Bonchev–Trinajstić information content (AvgIpc) is 2.59. The van der Waals surface area contributed by atoms with Crippen LogP contribution in [0.2, 0.25) is 0 Å². The number of rotatable bonds is 7. The molecular weight excluding hydrogens is 354 g/mol. The van der Waals surface area contributed by atoms with Crippen LogP contribution in [0.15, 0.2) is 58.3 Å². The molecular formula is C19H23NO3S2. The quantitative estimate of drug-likeness (QED) is 0.739. The first-order chi connectivity index (χ1) is 11.9. The van der Waals surface area contributed by atoms with E-state index < -0.39 is 9.84 Å². The van der Waals surface area contributed by atoms with Gasteiger partial charge in [-0.3, -0.25) is 4.79 Å². The molecule has 0 aromatic heterocycles. The van der Waals surface area contributed by atoms with Crippen molar-refractivity contribution in [2.24, 2.45) is 0 Å². The number of hydrogen-bond donors (Lipinski definition) is 1. The van der Waals surface area contributed by atoms with Gasteiger partial charge in [0.15, 0.2) is 9.84 Å². The third kappa shape index (κ3) is 5.09. The number of sulfone groups is 1. The second kappa shape index (κ2) is 8.54. The molecule has 1 atom stereocenters. The maximum Gasteiger partial charge on any atom is 0.252 e. The van der Waals surface area contributed by atoms with Crippen molar-refractivity contribution in [1.29, 1.82) is 0 Å². The van der Waals surface area contributed by atoms with Crippen LogP contribution in [0.25, 0.3) is 0 Å². The Morgan fingerprint density at radius 1 is 1.08 bits per heavy atom. The molecule has 25 heavy (non-hydrogen) atoms. The van der Waals surface area contributed by atoms with Gasteiger partial charge in [0, 0.05) is 11.2 Å². The van der Waals surface area contributed by atoms with Crippen molar-refractivity contribution in [1.82, 2.24) is 5.32 Å². The van der Waals surface area contributed by atoms with Crippen molar-refractivity contribution < 1.29 is 13.2 Å². The largest absolute Gasteiger partial charge is 0.345 e. The van der Waals surface area contributed by atoms with Crippen LogP contribution in [0.1, 0.15) is 42.2 Å². The standard InChI is InChI=1S/C19H23NO3S2/c1-4-17(14-10-12-15(13-11-14)25(3,22)23)20-19(21)16-8-6-7-9-18(16)24-5-2/h6-13,17H,4-5H2,1-3H3,(H,20,21). The highest BCUT2D eigenvalue weighted by Gasteiger charge is 2.17. The summed E-state index contributed by atoms with van der Waals surface area (Å²) in [5.74, 6) is 0.782. The molecule has 0 aliphatic carbocycles. The van der Waals surface area contributed by atoms with Crippen LogP contribution in [0.4, 0.5) is 0 Å². The molecule has 0 heterocycles. The Kier molecular flexibility index (Phi) is 6.67. The van der Waals surface area contributed by atoms with Crippen molar-refractivity contribution in [2.75, 3.05) is 12.0 Å². The van der Waals surface area contributed by atoms with Crippen molar-refractivity contribution in [2.45, 2.75) is 36.1 Å². The summed E-state index contributed by atoms with van der Waals surface area (Å²) >= 11 is 1.64. The lowest BCUT2D eigenvalue weighted by Crippen LogP contribution is -2.28. The molecule has 2 aromatic rings. The summed E-state index contributed by atoms with van der Waals surface area (Å²) in [6.45, 7) is 4.04. The van der Waals surface area contributed by atoms with Gasteiger partial charge in [-0.1, -0.05) is 38.1 Å². The maximum atomic E-state index is 12.7. The fraction of sp³-hybridized carbons (Fsp3) is 0.316. The summed E-state index contributed by atoms with van der Waals surface area (Å²) in [4.78, 5) is 13.9. The summed E-state index contributed by atoms with van der Waals surface area (Å²) in [7, 11) is -3.22. The van der Waals surface area contributed by atoms with E-state index in [9.17, 15) is 13.2 Å². The molecule has 134 valence electrons. The summed E-state index contributed by atoms with van der Waals surface area (Å²) in [5.41, 5.74) is 1.56. The SMILES string of the molecule is CCSc1ccccc1C(=O)NC(CC)c1ccc(S(C)(=O)=O)cc1. The normalized spacial score (nSPS) is 12.6. The van der Waals surface area contributed by atoms with Crippen LogP contribution in [0.3, 0.4) is 0 Å². The molecule has 0 saturated carbocycles. The zero-order valence-corrected chi connectivity index (χ0v) is 16.3. The lowest BCUT2D eigenvalue weighted by atomic mass is 10.0. The number of amides is 1. The molecule has 4 nitrogen and oxygen atoms in total. The summed E-state index contributed by atoms with van der Waals surface area (Å²) in [5, 5.41) is 3.05. The Morgan fingerprint density at radius 2 is 1.72 bits per heavy atom. The average molecular weight is 378 g/mol. The van der Waals surface area contributed by atoms with Crippen molar-refractivity contribution in [3.63, 3.8) is 0 Å². The number of carbonyl (C=O) groups excluding carboxylic acids is 1. The lowest BCUT2D eigenvalue weighted by molar-refractivity contribution is 0.0932. The first-order valence-corrected chi connectivity index (χ1v) is 11.1. The van der Waals surface area contributed by atoms with E-state index in [2.05, 4.69) is 12.2 Å². The zero-order chi connectivity index (χ0) is 18.4. The molecule has 0 fully saturated rings. The van der Waals surface area contributed by atoms with E-state index in [-0.39, 0.29) is 16.8 Å². The molecule has 2 rings (SSSR count). The predicted molar refractivity (Wildman–Crippen MR) is 103 cm³/mol. The van der Waals surface area contributed by atoms with Crippen molar-refractivity contribution >= 4 is 27.5 Å². The van der Waals surface area contributed by atoms with Gasteiger partial charge in [-0.05, 0) is 42.0 Å². The Bertz CT molecular complexity index is 830. The van der Waals surface area contributed by atoms with Gasteiger partial charge in [-0.25, -0.2) is 8.42 Å². The van der Waals surface area contributed by atoms with Gasteiger partial charge in [0.1, 0.15) is 0 Å². The molecule has 0 radical (unpaired) electrons. The van der Waals surface area contributed by atoms with E-state index in [4.69, 9.17) is 0 Å². The topological polar surface area (TPSA) is 63.2 Å². The Labute approximate surface area is 154 Å². The van der Waals surface area contributed by atoms with Gasteiger partial charge in [-0.15, -0.1) is 11.8 Å². The fourth-order valence-corrected chi connectivity index (χ4v) is 3.97. The minimum Gasteiger partial charge on any atom is -0.345 e. The molecule has 1 unspecified atom stereocenters. The molecule has 0 bridgehead atoms. The Balaban J connectivity index is 2.21. The molecule has 0 aliphatic rings. The second-order valence-corrected chi connectivity index (χ2v) is 9.03. The highest BCUT2D eigenvalue weighted by atomic mass is 32.2. The van der Waals surface area contributed by atoms with Gasteiger partial charge in [0.05, 0.1) is 16.5 Å². The van der Waals surface area contributed by atoms with E-state index in [1.54, 1.807) is 36.0 Å². The molecule has 0 saturated heterocycles. The highest BCUT2D eigenvalue weighted by molar-refractivity contribution is 7.99. The Hall–Kier alpha value is -1.79. The number of carbonyl (C=O) groups is 1. The number of benzene rings is 2. The van der Waals surface area contributed by atoms with E-state index in [1.807, 2.05) is 31.2 Å². The highest BCUT2D eigenvalue weighted by Crippen LogP contribution is 2.24. The van der Waals surface area contributed by atoms with Gasteiger partial charge in [0.2, 0.25) is 0 Å². The minimum atomic E-state index is -3.22. The van der Waals surface area contributed by atoms with E-state index in [1.165, 1.54) is 6.26 Å². The first kappa shape index (κ1) is 19.5. The smallest absolute Gasteiger partial charge is 0.252 e. The van der Waals surface area contributed by atoms with Crippen molar-refractivity contribution in [3.8, 4) is 0 Å². The van der Waals surface area contributed by atoms with E-state index in [0.717, 1.165) is 16.2 Å². The number of hydrogen-bond acceptors (Lipinski definition) is 4. The molecule has 2 aromatic carbocycles. The number of nitrogens with one attached hydrogen (secondary N) is 1. The first-order valence-electron chi connectivity index (χ1n) is 8.19. The molecule has 0 aliphatic heterocycles. The lowest BCUT2D eigenvalue weighted by Gasteiger charge is -2.19. The molecule has 6 heteroatoms. The van der Waals surface area contributed by atoms with Crippen molar-refractivity contribution in [3.05, 3.63) is 59.7 Å². The van der Waals surface area contributed by atoms with Crippen LogP contribution in [0.5, 0.6) is 0 Å². The predicted octanol–water partition coefficient (Wildman–Crippen LogP) is 4.08. The van der Waals surface area contributed by atoms with Gasteiger partial charge >= 0.3 is 0 Å². The van der Waals surface area contributed by atoms with Gasteiger partial charge < -0.3 is 5.32 Å². The third-order valence-electron chi connectivity index (χ3n) is 3.86. The Morgan fingerprint density at radius 3 is 2.28 bits per heavy atom. The molecule has 1 N–H and O–H groups in total. The van der Waals surface area contributed by atoms with Gasteiger partial charge in [0.25, 0.3) is 5.91 Å². The van der Waals surface area contributed by atoms with Crippen LogP contribution >= 0.6 is 11.8 Å². The van der Waals surface area contributed by atoms with Crippen LogP contribution in [0, 0.1) is 0 Å². The van der Waals surface area contributed by atoms with Crippen LogP contribution in [-0.4, -0.2) is 26.3 Å². The number of thioether (sulfide) groups is 1. The maximum absolute atomic E-state index is 12.7. The zero-order valence-electron chi connectivity index (χ0n) is 14.7. The van der Waals surface area contributed by atoms with Crippen LogP contribution in [-0.2, 0) is 9.84 Å². The third-order valence-corrected chi connectivity index (χ3v) is 5.94. The fourth-order valence-electron chi connectivity index (χ4n) is 2.54. The van der Waals surface area contributed by atoms with E-state index in [0.29, 0.717) is 12.0 Å². The molecule has 0 spiro atoms. The summed E-state index contributed by atoms with van der Waals surface area (Å²) < 4.78 is 23.1. The van der Waals surface area contributed by atoms with Gasteiger partial charge in [-0.2, -0.15) is 0 Å². The summed E-state index contributed by atoms with van der Waals surface area (Å²) in [6.07, 6.45) is 1.90. The summed E-state index contributed by atoms with van der Waals surface area (Å²) in [6, 6.07) is 14.1. The molecule has 1 amide bonds. The second-order valence-electron chi connectivity index (χ2n) is 5.70.